The number of aromatic nitrogens is 4. The Kier molecular flexibility index (Phi) is 3.49. The first-order valence-corrected chi connectivity index (χ1v) is 7.66. The number of hydrogen-bond donors (Lipinski definition) is 2. The number of nitrogens with zero attached hydrogens (tertiary/aromatic N) is 4. The van der Waals surface area contributed by atoms with Gasteiger partial charge in [0.15, 0.2) is 11.5 Å². The second-order valence-electron chi connectivity index (χ2n) is 5.57. The maximum absolute atomic E-state index is 12.7. The molecule has 0 saturated carbocycles. The summed E-state index contributed by atoms with van der Waals surface area (Å²) in [6, 6.07) is 7.25. The molecule has 8 nitrogen and oxygen atoms in total. The van der Waals surface area contributed by atoms with Crippen LogP contribution in [0.2, 0.25) is 0 Å². The number of aromatic amines is 1. The standard InChI is InChI=1S/C16H16N6O2/c1-17-15-7-10-9-22(5-4-11(10)18-21-15)16(23)13-8-12(19-20-13)14-3-2-6-24-14/h2-3,6-8H,4-5,9H2,1H3,(H,17,21)(H,19,20). The van der Waals surface area contributed by atoms with Crippen LogP contribution in [-0.2, 0) is 13.0 Å². The lowest BCUT2D eigenvalue weighted by Gasteiger charge is -2.27. The second kappa shape index (κ2) is 5.80. The first-order valence-electron chi connectivity index (χ1n) is 7.66. The van der Waals surface area contributed by atoms with Gasteiger partial charge in [0.1, 0.15) is 11.5 Å². The monoisotopic (exact) mass is 324 g/mol. The smallest absolute Gasteiger partial charge is 0.274 e. The van der Waals surface area contributed by atoms with Crippen LogP contribution >= 0.6 is 0 Å². The Morgan fingerprint density at radius 2 is 2.29 bits per heavy atom. The highest BCUT2D eigenvalue weighted by Gasteiger charge is 2.25. The van der Waals surface area contributed by atoms with E-state index in [-0.39, 0.29) is 5.91 Å². The molecule has 4 heterocycles. The number of fused-ring (bicyclic) bond motifs is 1. The van der Waals surface area contributed by atoms with Gasteiger partial charge in [-0.2, -0.15) is 10.2 Å². The minimum atomic E-state index is -0.113. The molecule has 1 aliphatic heterocycles. The molecule has 0 atom stereocenters. The van der Waals surface area contributed by atoms with Gasteiger partial charge in [-0.05, 0) is 23.8 Å². The molecule has 0 aliphatic carbocycles. The Balaban J connectivity index is 1.55. The zero-order valence-electron chi connectivity index (χ0n) is 13.1. The average Bonchev–Trinajstić information content (AvgIpc) is 3.31. The largest absolute Gasteiger partial charge is 0.463 e. The van der Waals surface area contributed by atoms with Crippen molar-refractivity contribution in [2.24, 2.45) is 0 Å². The number of furan rings is 1. The molecule has 8 heteroatoms. The van der Waals surface area contributed by atoms with Crippen LogP contribution in [0.3, 0.4) is 0 Å². The number of carbonyl (C=O) groups is 1. The third-order valence-corrected chi connectivity index (χ3v) is 4.07. The molecule has 0 bridgehead atoms. The number of anilines is 1. The highest BCUT2D eigenvalue weighted by molar-refractivity contribution is 5.93. The van der Waals surface area contributed by atoms with E-state index >= 15 is 0 Å². The van der Waals surface area contributed by atoms with Gasteiger partial charge in [-0.25, -0.2) is 0 Å². The van der Waals surface area contributed by atoms with Crippen molar-refractivity contribution >= 4 is 11.7 Å². The minimum Gasteiger partial charge on any atom is -0.463 e. The van der Waals surface area contributed by atoms with Gasteiger partial charge in [0.2, 0.25) is 0 Å². The lowest BCUT2D eigenvalue weighted by atomic mass is 10.1. The van der Waals surface area contributed by atoms with Gasteiger partial charge in [-0.1, -0.05) is 0 Å². The summed E-state index contributed by atoms with van der Waals surface area (Å²) in [7, 11) is 1.79. The van der Waals surface area contributed by atoms with Crippen LogP contribution in [0.4, 0.5) is 5.82 Å². The molecular formula is C16H16N6O2. The zero-order valence-corrected chi connectivity index (χ0v) is 13.1. The summed E-state index contributed by atoms with van der Waals surface area (Å²) < 4.78 is 5.31. The Morgan fingerprint density at radius 1 is 1.38 bits per heavy atom. The Hall–Kier alpha value is -3.16. The molecular weight excluding hydrogens is 308 g/mol. The number of amides is 1. The molecule has 2 N–H and O–H groups in total. The molecule has 0 fully saturated rings. The maximum Gasteiger partial charge on any atom is 0.274 e. The fraction of sp³-hybridized carbons (Fsp3) is 0.250. The number of nitrogens with one attached hydrogen (secondary N) is 2. The third-order valence-electron chi connectivity index (χ3n) is 4.07. The molecule has 1 aliphatic rings. The van der Waals surface area contributed by atoms with Crippen molar-refractivity contribution in [3.05, 3.63) is 47.5 Å². The van der Waals surface area contributed by atoms with Crippen molar-refractivity contribution in [3.63, 3.8) is 0 Å². The Bertz CT molecular complexity index is 871. The van der Waals surface area contributed by atoms with E-state index in [1.807, 2.05) is 12.1 Å². The first-order chi connectivity index (χ1) is 11.7. The molecule has 0 saturated heterocycles. The third kappa shape index (κ3) is 2.51. The van der Waals surface area contributed by atoms with Crippen LogP contribution in [-0.4, -0.2) is 44.8 Å². The molecule has 24 heavy (non-hydrogen) atoms. The Labute approximate surface area is 137 Å². The molecule has 0 aromatic carbocycles. The number of rotatable bonds is 3. The summed E-state index contributed by atoms with van der Waals surface area (Å²) in [5.41, 5.74) is 3.01. The van der Waals surface area contributed by atoms with Crippen molar-refractivity contribution < 1.29 is 9.21 Å². The van der Waals surface area contributed by atoms with Crippen molar-refractivity contribution in [2.75, 3.05) is 18.9 Å². The van der Waals surface area contributed by atoms with E-state index in [0.717, 1.165) is 11.3 Å². The van der Waals surface area contributed by atoms with E-state index in [9.17, 15) is 4.79 Å². The second-order valence-corrected chi connectivity index (χ2v) is 5.57. The first kappa shape index (κ1) is 14.4. The summed E-state index contributed by atoms with van der Waals surface area (Å²) in [5, 5.41) is 18.2. The summed E-state index contributed by atoms with van der Waals surface area (Å²) in [6.45, 7) is 1.10. The van der Waals surface area contributed by atoms with Gasteiger partial charge in [-0.3, -0.25) is 9.89 Å². The summed E-state index contributed by atoms with van der Waals surface area (Å²) in [4.78, 5) is 14.5. The fourth-order valence-electron chi connectivity index (χ4n) is 2.78. The molecule has 122 valence electrons. The molecule has 3 aromatic rings. The van der Waals surface area contributed by atoms with Crippen molar-refractivity contribution in [1.82, 2.24) is 25.3 Å². The maximum atomic E-state index is 12.7. The van der Waals surface area contributed by atoms with E-state index in [0.29, 0.717) is 42.5 Å². The van der Waals surface area contributed by atoms with Gasteiger partial charge in [-0.15, -0.1) is 5.10 Å². The summed E-state index contributed by atoms with van der Waals surface area (Å²) in [6.07, 6.45) is 2.27. The topological polar surface area (TPSA) is 99.9 Å². The molecule has 0 radical (unpaired) electrons. The van der Waals surface area contributed by atoms with Gasteiger partial charge in [0.05, 0.1) is 12.0 Å². The quantitative estimate of drug-likeness (QED) is 0.760. The number of H-pyrrole nitrogens is 1. The number of carbonyl (C=O) groups excluding carboxylic acids is 1. The van der Waals surface area contributed by atoms with E-state index in [4.69, 9.17) is 4.42 Å². The normalized spacial score (nSPS) is 13.6. The van der Waals surface area contributed by atoms with E-state index < -0.39 is 0 Å². The SMILES string of the molecule is CNc1cc2c(nn1)CCN(C(=O)c1cc(-c3ccco3)[nH]n1)C2. The Morgan fingerprint density at radius 3 is 3.08 bits per heavy atom. The molecule has 0 unspecified atom stereocenters. The van der Waals surface area contributed by atoms with Gasteiger partial charge in [0.25, 0.3) is 5.91 Å². The highest BCUT2D eigenvalue weighted by atomic mass is 16.3. The molecule has 4 rings (SSSR count). The predicted octanol–water partition coefficient (Wildman–Crippen LogP) is 1.70. The van der Waals surface area contributed by atoms with Crippen LogP contribution in [0, 0.1) is 0 Å². The molecule has 0 spiro atoms. The van der Waals surface area contributed by atoms with E-state index in [2.05, 4.69) is 25.7 Å². The van der Waals surface area contributed by atoms with Crippen molar-refractivity contribution in [2.45, 2.75) is 13.0 Å². The fourth-order valence-corrected chi connectivity index (χ4v) is 2.78. The number of hydrogen-bond acceptors (Lipinski definition) is 6. The highest BCUT2D eigenvalue weighted by Crippen LogP contribution is 2.22. The molecule has 3 aromatic heterocycles. The predicted molar refractivity (Wildman–Crippen MR) is 86.3 cm³/mol. The van der Waals surface area contributed by atoms with Gasteiger partial charge >= 0.3 is 0 Å². The van der Waals surface area contributed by atoms with Crippen LogP contribution in [0.1, 0.15) is 21.7 Å². The minimum absolute atomic E-state index is 0.113. The van der Waals surface area contributed by atoms with Gasteiger partial charge < -0.3 is 14.6 Å². The van der Waals surface area contributed by atoms with Crippen molar-refractivity contribution in [3.8, 4) is 11.5 Å². The summed E-state index contributed by atoms with van der Waals surface area (Å²) >= 11 is 0. The molecule has 1 amide bonds. The van der Waals surface area contributed by atoms with E-state index in [1.54, 1.807) is 30.3 Å². The van der Waals surface area contributed by atoms with E-state index in [1.165, 1.54) is 0 Å². The zero-order chi connectivity index (χ0) is 16.5. The van der Waals surface area contributed by atoms with Crippen molar-refractivity contribution in [1.29, 1.82) is 0 Å². The lowest BCUT2D eigenvalue weighted by Crippen LogP contribution is -2.36. The lowest BCUT2D eigenvalue weighted by molar-refractivity contribution is 0.0727. The average molecular weight is 324 g/mol. The van der Waals surface area contributed by atoms with Crippen LogP contribution < -0.4 is 5.32 Å². The van der Waals surface area contributed by atoms with Gasteiger partial charge in [0, 0.05) is 32.6 Å². The summed E-state index contributed by atoms with van der Waals surface area (Å²) in [5.74, 6) is 1.24. The van der Waals surface area contributed by atoms with Crippen LogP contribution in [0.25, 0.3) is 11.5 Å². The van der Waals surface area contributed by atoms with Crippen LogP contribution in [0.15, 0.2) is 34.9 Å². The van der Waals surface area contributed by atoms with Crippen LogP contribution in [0.5, 0.6) is 0 Å².